The zero-order valence-electron chi connectivity index (χ0n) is 13.7. The van der Waals surface area contributed by atoms with E-state index < -0.39 is 0 Å². The molecule has 0 radical (unpaired) electrons. The predicted molar refractivity (Wildman–Crippen MR) is 97.6 cm³/mol. The molecule has 0 amide bonds. The van der Waals surface area contributed by atoms with Crippen LogP contribution in [-0.2, 0) is 6.54 Å². The lowest BCUT2D eigenvalue weighted by Crippen LogP contribution is -2.43. The summed E-state index contributed by atoms with van der Waals surface area (Å²) in [5.41, 5.74) is 2.48. The fraction of sp³-hybridized carbons (Fsp3) is 0.444. The molecule has 2 heterocycles. The van der Waals surface area contributed by atoms with E-state index in [1.165, 1.54) is 5.56 Å². The summed E-state index contributed by atoms with van der Waals surface area (Å²) in [6.45, 7) is 5.29. The molecule has 0 saturated carbocycles. The van der Waals surface area contributed by atoms with E-state index in [9.17, 15) is 0 Å². The van der Waals surface area contributed by atoms with Gasteiger partial charge < -0.3 is 4.90 Å². The van der Waals surface area contributed by atoms with Crippen LogP contribution in [0.2, 0.25) is 0 Å². The molecule has 1 aromatic carbocycles. The third kappa shape index (κ3) is 4.30. The Morgan fingerprint density at radius 1 is 1.13 bits per heavy atom. The summed E-state index contributed by atoms with van der Waals surface area (Å²) in [5, 5.41) is 0. The van der Waals surface area contributed by atoms with Gasteiger partial charge in [0.25, 0.3) is 0 Å². The summed E-state index contributed by atoms with van der Waals surface area (Å²) < 4.78 is 1.14. The Balaban J connectivity index is 1.53. The lowest BCUT2D eigenvalue weighted by Gasteiger charge is -2.36. The van der Waals surface area contributed by atoms with Crippen LogP contribution in [0.5, 0.6) is 0 Å². The largest absolute Gasteiger partial charge is 0.341 e. The third-order valence-electron chi connectivity index (χ3n) is 4.51. The van der Waals surface area contributed by atoms with Gasteiger partial charge in [-0.05, 0) is 43.0 Å². The summed E-state index contributed by atoms with van der Waals surface area (Å²) in [6.07, 6.45) is 6.09. The summed E-state index contributed by atoms with van der Waals surface area (Å²) in [6, 6.07) is 9.15. The van der Waals surface area contributed by atoms with Crippen LogP contribution in [0.25, 0.3) is 0 Å². The van der Waals surface area contributed by atoms with Crippen LogP contribution in [0, 0.1) is 6.92 Å². The van der Waals surface area contributed by atoms with E-state index >= 15 is 0 Å². The van der Waals surface area contributed by atoms with Gasteiger partial charge in [-0.15, -0.1) is 0 Å². The number of nitrogens with zero attached hydrogens (tertiary/aromatic N) is 4. The highest BCUT2D eigenvalue weighted by molar-refractivity contribution is 9.10. The minimum Gasteiger partial charge on any atom is -0.341 e. The average molecular weight is 375 g/mol. The van der Waals surface area contributed by atoms with Gasteiger partial charge in [0.2, 0.25) is 5.95 Å². The van der Waals surface area contributed by atoms with Crippen molar-refractivity contribution in [1.29, 1.82) is 0 Å². The van der Waals surface area contributed by atoms with E-state index in [4.69, 9.17) is 0 Å². The molecule has 2 aromatic rings. The fourth-order valence-corrected chi connectivity index (χ4v) is 3.31. The number of benzene rings is 1. The van der Waals surface area contributed by atoms with Gasteiger partial charge in [0.05, 0.1) is 0 Å². The molecule has 0 N–H and O–H groups in total. The first kappa shape index (κ1) is 16.4. The van der Waals surface area contributed by atoms with Crippen molar-refractivity contribution in [2.45, 2.75) is 32.4 Å². The molecule has 1 fully saturated rings. The predicted octanol–water partition coefficient (Wildman–Crippen LogP) is 3.65. The van der Waals surface area contributed by atoms with E-state index in [2.05, 4.69) is 67.0 Å². The highest BCUT2D eigenvalue weighted by Gasteiger charge is 2.23. The lowest BCUT2D eigenvalue weighted by atomic mass is 10.0. The average Bonchev–Trinajstić information content (AvgIpc) is 2.58. The summed E-state index contributed by atoms with van der Waals surface area (Å²) >= 11 is 3.49. The second-order valence-corrected chi connectivity index (χ2v) is 7.22. The van der Waals surface area contributed by atoms with Crippen LogP contribution in [0.1, 0.15) is 24.0 Å². The summed E-state index contributed by atoms with van der Waals surface area (Å²) in [7, 11) is 2.11. The maximum atomic E-state index is 4.45. The van der Waals surface area contributed by atoms with Crippen molar-refractivity contribution in [3.8, 4) is 0 Å². The molecule has 0 aliphatic carbocycles. The molecule has 1 saturated heterocycles. The second-order valence-electron chi connectivity index (χ2n) is 6.31. The Hall–Kier alpha value is -1.46. The Bertz CT molecular complexity index is 618. The molecule has 1 aliphatic rings. The van der Waals surface area contributed by atoms with Crippen molar-refractivity contribution < 1.29 is 0 Å². The number of piperidine rings is 1. The van der Waals surface area contributed by atoms with E-state index in [0.717, 1.165) is 48.5 Å². The third-order valence-corrected chi connectivity index (χ3v) is 5.04. The highest BCUT2D eigenvalue weighted by atomic mass is 79.9. The molecular formula is C18H23BrN4. The molecule has 122 valence electrons. The summed E-state index contributed by atoms with van der Waals surface area (Å²) in [4.78, 5) is 13.7. The van der Waals surface area contributed by atoms with Gasteiger partial charge in [0.1, 0.15) is 0 Å². The van der Waals surface area contributed by atoms with Crippen LogP contribution in [0.15, 0.2) is 41.1 Å². The molecular weight excluding hydrogens is 352 g/mol. The van der Waals surface area contributed by atoms with Crippen molar-refractivity contribution in [3.05, 3.63) is 52.3 Å². The molecule has 0 spiro atoms. The lowest BCUT2D eigenvalue weighted by molar-refractivity contribution is 0.203. The van der Waals surface area contributed by atoms with E-state index in [1.807, 2.05) is 19.3 Å². The van der Waals surface area contributed by atoms with Crippen molar-refractivity contribution in [2.24, 2.45) is 0 Å². The first-order valence-corrected chi connectivity index (χ1v) is 8.89. The van der Waals surface area contributed by atoms with Gasteiger partial charge in [-0.25, -0.2) is 9.97 Å². The van der Waals surface area contributed by atoms with Gasteiger partial charge >= 0.3 is 0 Å². The summed E-state index contributed by atoms with van der Waals surface area (Å²) in [5.74, 6) is 0.835. The first-order chi connectivity index (χ1) is 11.1. The first-order valence-electron chi connectivity index (χ1n) is 8.10. The molecule has 3 rings (SSSR count). The number of halogens is 1. The number of anilines is 1. The minimum absolute atomic E-state index is 0.527. The quantitative estimate of drug-likeness (QED) is 0.817. The standard InChI is InChI=1S/C18H23BrN4/c1-14-11-20-18(21-12-14)22(2)17-7-9-23(10-8-17)13-15-3-5-16(19)6-4-15/h3-6,11-12,17H,7-10,13H2,1-2H3. The van der Waals surface area contributed by atoms with Crippen LogP contribution in [-0.4, -0.2) is 41.0 Å². The van der Waals surface area contributed by atoms with Gasteiger partial charge in [-0.1, -0.05) is 28.1 Å². The maximum Gasteiger partial charge on any atom is 0.225 e. The van der Waals surface area contributed by atoms with Crippen molar-refractivity contribution in [3.63, 3.8) is 0 Å². The maximum absolute atomic E-state index is 4.45. The number of rotatable bonds is 4. The van der Waals surface area contributed by atoms with Gasteiger partial charge in [0.15, 0.2) is 0 Å². The molecule has 0 atom stereocenters. The number of hydrogen-bond donors (Lipinski definition) is 0. The molecule has 1 aliphatic heterocycles. The van der Waals surface area contributed by atoms with E-state index in [0.29, 0.717) is 6.04 Å². The second kappa shape index (κ2) is 7.41. The zero-order valence-corrected chi connectivity index (χ0v) is 15.3. The molecule has 1 aromatic heterocycles. The molecule has 0 unspecified atom stereocenters. The van der Waals surface area contributed by atoms with Gasteiger partial charge in [0, 0.05) is 49.6 Å². The molecule has 0 bridgehead atoms. The van der Waals surface area contributed by atoms with Crippen LogP contribution >= 0.6 is 15.9 Å². The Labute approximate surface area is 146 Å². The van der Waals surface area contributed by atoms with E-state index in [1.54, 1.807) is 0 Å². The number of hydrogen-bond acceptors (Lipinski definition) is 4. The van der Waals surface area contributed by atoms with Crippen molar-refractivity contribution in [2.75, 3.05) is 25.0 Å². The van der Waals surface area contributed by atoms with Crippen LogP contribution in [0.4, 0.5) is 5.95 Å². The number of likely N-dealkylation sites (tertiary alicyclic amines) is 1. The molecule has 23 heavy (non-hydrogen) atoms. The monoisotopic (exact) mass is 374 g/mol. The highest BCUT2D eigenvalue weighted by Crippen LogP contribution is 2.21. The van der Waals surface area contributed by atoms with Crippen LogP contribution in [0.3, 0.4) is 0 Å². The Morgan fingerprint density at radius 3 is 2.35 bits per heavy atom. The number of aromatic nitrogens is 2. The Morgan fingerprint density at radius 2 is 1.74 bits per heavy atom. The normalized spacial score (nSPS) is 16.5. The smallest absolute Gasteiger partial charge is 0.225 e. The van der Waals surface area contributed by atoms with Gasteiger partial charge in [-0.2, -0.15) is 0 Å². The number of aryl methyl sites for hydroxylation is 1. The SMILES string of the molecule is Cc1cnc(N(C)C2CCN(Cc3ccc(Br)cc3)CC2)nc1. The minimum atomic E-state index is 0.527. The molecule has 5 heteroatoms. The zero-order chi connectivity index (χ0) is 16.2. The van der Waals surface area contributed by atoms with Crippen molar-refractivity contribution in [1.82, 2.24) is 14.9 Å². The van der Waals surface area contributed by atoms with E-state index in [-0.39, 0.29) is 0 Å². The topological polar surface area (TPSA) is 32.3 Å². The fourth-order valence-electron chi connectivity index (χ4n) is 3.04. The van der Waals surface area contributed by atoms with Crippen LogP contribution < -0.4 is 4.90 Å². The Kier molecular flexibility index (Phi) is 5.28. The van der Waals surface area contributed by atoms with Gasteiger partial charge in [-0.3, -0.25) is 4.90 Å². The van der Waals surface area contributed by atoms with Crippen molar-refractivity contribution >= 4 is 21.9 Å². The molecule has 4 nitrogen and oxygen atoms in total.